The molecule has 2 rings (SSSR count). The molecule has 0 radical (unpaired) electrons. The molecule has 2 aromatic rings. The van der Waals surface area contributed by atoms with Crippen molar-refractivity contribution < 1.29 is 15.0 Å². The van der Waals surface area contributed by atoms with Gasteiger partial charge in [0.25, 0.3) is 0 Å². The highest BCUT2D eigenvalue weighted by Gasteiger charge is 2.15. The average Bonchev–Trinajstić information content (AvgIpc) is 2.38. The third-order valence-corrected chi connectivity index (χ3v) is 3.19. The summed E-state index contributed by atoms with van der Waals surface area (Å²) in [6.07, 6.45) is 0. The van der Waals surface area contributed by atoms with Crippen LogP contribution >= 0.6 is 0 Å². The van der Waals surface area contributed by atoms with E-state index in [1.807, 2.05) is 43.1 Å². The van der Waals surface area contributed by atoms with E-state index in [1.165, 1.54) is 18.2 Å². The zero-order valence-corrected chi connectivity index (χ0v) is 11.5. The number of hydrogen-bond donors (Lipinski definition) is 2. The molecule has 20 heavy (non-hydrogen) atoms. The minimum absolute atomic E-state index is 0.0636. The molecule has 0 spiro atoms. The molecule has 0 saturated carbocycles. The Morgan fingerprint density at radius 1 is 1.15 bits per heavy atom. The number of carbonyl (C=O) groups excluding carboxylic acids is 1. The van der Waals surface area contributed by atoms with Crippen LogP contribution < -0.4 is 4.90 Å². The monoisotopic (exact) mass is 271 g/mol. The second kappa shape index (κ2) is 5.65. The van der Waals surface area contributed by atoms with E-state index in [2.05, 4.69) is 0 Å². The summed E-state index contributed by atoms with van der Waals surface area (Å²) in [5, 5.41) is 18.9. The number of likely N-dealkylation sites (N-methyl/N-ethyl adjacent to an activating group) is 1. The van der Waals surface area contributed by atoms with Gasteiger partial charge in [0, 0.05) is 18.8 Å². The molecular formula is C16H17NO3. The number of hydrogen-bond acceptors (Lipinski definition) is 4. The van der Waals surface area contributed by atoms with Gasteiger partial charge in [-0.15, -0.1) is 0 Å². The number of rotatable bonds is 4. The molecule has 2 N–H and O–H groups in total. The molecule has 0 saturated heterocycles. The Morgan fingerprint density at radius 3 is 2.50 bits per heavy atom. The van der Waals surface area contributed by atoms with Crippen LogP contribution in [0.5, 0.6) is 11.5 Å². The quantitative estimate of drug-likeness (QED) is 0.839. The third kappa shape index (κ3) is 2.91. The average molecular weight is 271 g/mol. The van der Waals surface area contributed by atoms with Crippen LogP contribution in [0.1, 0.15) is 15.9 Å². The number of anilines is 1. The first kappa shape index (κ1) is 13.9. The van der Waals surface area contributed by atoms with E-state index in [0.29, 0.717) is 0 Å². The van der Waals surface area contributed by atoms with Crippen molar-refractivity contribution in [2.24, 2.45) is 0 Å². The highest BCUT2D eigenvalue weighted by Crippen LogP contribution is 2.24. The van der Waals surface area contributed by atoms with Gasteiger partial charge in [0.1, 0.15) is 11.5 Å². The van der Waals surface area contributed by atoms with Crippen molar-refractivity contribution in [3.05, 3.63) is 53.6 Å². The molecular weight excluding hydrogens is 254 g/mol. The van der Waals surface area contributed by atoms with Gasteiger partial charge in [0.05, 0.1) is 12.1 Å². The van der Waals surface area contributed by atoms with E-state index in [4.69, 9.17) is 0 Å². The summed E-state index contributed by atoms with van der Waals surface area (Å²) in [7, 11) is 1.83. The maximum absolute atomic E-state index is 12.2. The molecule has 0 aliphatic carbocycles. The number of aryl methyl sites for hydroxylation is 1. The second-order valence-electron chi connectivity index (χ2n) is 4.77. The van der Waals surface area contributed by atoms with Crippen molar-refractivity contribution in [3.63, 3.8) is 0 Å². The molecule has 4 heteroatoms. The van der Waals surface area contributed by atoms with E-state index in [-0.39, 0.29) is 29.4 Å². The van der Waals surface area contributed by atoms with Crippen molar-refractivity contribution in [1.29, 1.82) is 0 Å². The van der Waals surface area contributed by atoms with Crippen LogP contribution in [0.25, 0.3) is 0 Å². The lowest BCUT2D eigenvalue weighted by Crippen LogP contribution is -2.26. The predicted molar refractivity (Wildman–Crippen MR) is 78.6 cm³/mol. The maximum Gasteiger partial charge on any atom is 0.185 e. The molecule has 0 fully saturated rings. The first-order chi connectivity index (χ1) is 9.49. The number of ketones is 1. The Kier molecular flexibility index (Phi) is 3.94. The molecule has 4 nitrogen and oxygen atoms in total. The van der Waals surface area contributed by atoms with Gasteiger partial charge in [-0.1, -0.05) is 18.2 Å². The van der Waals surface area contributed by atoms with E-state index < -0.39 is 0 Å². The Morgan fingerprint density at radius 2 is 1.85 bits per heavy atom. The van der Waals surface area contributed by atoms with E-state index in [9.17, 15) is 15.0 Å². The fourth-order valence-electron chi connectivity index (χ4n) is 2.13. The molecule has 0 heterocycles. The molecule has 0 aliphatic rings. The molecule has 0 amide bonds. The van der Waals surface area contributed by atoms with E-state index in [1.54, 1.807) is 0 Å². The number of phenols is 2. The summed E-state index contributed by atoms with van der Waals surface area (Å²) < 4.78 is 0. The third-order valence-electron chi connectivity index (χ3n) is 3.19. The van der Waals surface area contributed by atoms with Crippen molar-refractivity contribution in [1.82, 2.24) is 0 Å². The number of aromatic hydroxyl groups is 2. The van der Waals surface area contributed by atoms with Crippen LogP contribution in [-0.2, 0) is 0 Å². The standard InChI is InChI=1S/C16H17NO3/c1-11-5-3-4-6-14(11)17(2)10-16(20)13-8-7-12(18)9-15(13)19/h3-9,18-19H,10H2,1-2H3. The lowest BCUT2D eigenvalue weighted by molar-refractivity contribution is 0.0998. The summed E-state index contributed by atoms with van der Waals surface area (Å²) in [5.41, 5.74) is 2.26. The lowest BCUT2D eigenvalue weighted by atomic mass is 10.1. The molecule has 0 aromatic heterocycles. The summed E-state index contributed by atoms with van der Waals surface area (Å²) in [6, 6.07) is 11.8. The Bertz CT molecular complexity index is 637. The van der Waals surface area contributed by atoms with Gasteiger partial charge >= 0.3 is 0 Å². The van der Waals surface area contributed by atoms with Crippen LogP contribution in [-0.4, -0.2) is 29.6 Å². The van der Waals surface area contributed by atoms with Crippen molar-refractivity contribution in [2.45, 2.75) is 6.92 Å². The molecule has 0 unspecified atom stereocenters. The van der Waals surface area contributed by atoms with Crippen LogP contribution in [0.3, 0.4) is 0 Å². The van der Waals surface area contributed by atoms with Crippen molar-refractivity contribution in [3.8, 4) is 11.5 Å². The van der Waals surface area contributed by atoms with Gasteiger partial charge in [0.2, 0.25) is 0 Å². The number of carbonyl (C=O) groups is 1. The van der Waals surface area contributed by atoms with Crippen molar-refractivity contribution >= 4 is 11.5 Å². The zero-order valence-electron chi connectivity index (χ0n) is 11.5. The van der Waals surface area contributed by atoms with Gasteiger partial charge in [-0.2, -0.15) is 0 Å². The summed E-state index contributed by atoms with van der Waals surface area (Å²) >= 11 is 0. The number of para-hydroxylation sites is 1. The van der Waals surface area contributed by atoms with Crippen molar-refractivity contribution in [2.75, 3.05) is 18.5 Å². The molecule has 0 atom stereocenters. The van der Waals surface area contributed by atoms with Crippen LogP contribution in [0.2, 0.25) is 0 Å². The summed E-state index contributed by atoms with van der Waals surface area (Å²) in [6.45, 7) is 2.14. The topological polar surface area (TPSA) is 60.8 Å². The normalized spacial score (nSPS) is 10.3. The highest BCUT2D eigenvalue weighted by molar-refractivity contribution is 6.01. The smallest absolute Gasteiger partial charge is 0.185 e. The van der Waals surface area contributed by atoms with Gasteiger partial charge in [-0.3, -0.25) is 4.79 Å². The number of benzene rings is 2. The first-order valence-electron chi connectivity index (χ1n) is 6.31. The summed E-state index contributed by atoms with van der Waals surface area (Å²) in [4.78, 5) is 14.0. The molecule has 104 valence electrons. The fraction of sp³-hybridized carbons (Fsp3) is 0.188. The second-order valence-corrected chi connectivity index (χ2v) is 4.77. The van der Waals surface area contributed by atoms with Gasteiger partial charge in [0.15, 0.2) is 5.78 Å². The first-order valence-corrected chi connectivity index (χ1v) is 6.31. The maximum atomic E-state index is 12.2. The molecule has 2 aromatic carbocycles. The number of Topliss-reactive ketones (excluding diaryl/α,β-unsaturated/α-hetero) is 1. The Balaban J connectivity index is 2.17. The van der Waals surface area contributed by atoms with E-state index >= 15 is 0 Å². The Hall–Kier alpha value is -2.49. The van der Waals surface area contributed by atoms with Gasteiger partial charge in [-0.25, -0.2) is 0 Å². The van der Waals surface area contributed by atoms with E-state index in [0.717, 1.165) is 11.3 Å². The van der Waals surface area contributed by atoms with Crippen LogP contribution in [0.4, 0.5) is 5.69 Å². The number of nitrogens with zero attached hydrogens (tertiary/aromatic N) is 1. The summed E-state index contributed by atoms with van der Waals surface area (Å²) in [5.74, 6) is -0.465. The fourth-order valence-corrected chi connectivity index (χ4v) is 2.13. The largest absolute Gasteiger partial charge is 0.508 e. The van der Waals surface area contributed by atoms with Gasteiger partial charge in [-0.05, 0) is 30.7 Å². The SMILES string of the molecule is Cc1ccccc1N(C)CC(=O)c1ccc(O)cc1O. The molecule has 0 bridgehead atoms. The Labute approximate surface area is 117 Å². The van der Waals surface area contributed by atoms with Crippen LogP contribution in [0, 0.1) is 6.92 Å². The minimum Gasteiger partial charge on any atom is -0.508 e. The van der Waals surface area contributed by atoms with Gasteiger partial charge < -0.3 is 15.1 Å². The number of phenolic OH excluding ortho intramolecular Hbond substituents is 2. The minimum atomic E-state index is -0.201. The highest BCUT2D eigenvalue weighted by atomic mass is 16.3. The lowest BCUT2D eigenvalue weighted by Gasteiger charge is -2.20. The van der Waals surface area contributed by atoms with Crippen LogP contribution in [0.15, 0.2) is 42.5 Å². The zero-order chi connectivity index (χ0) is 14.7. The molecule has 0 aliphatic heterocycles. The predicted octanol–water partition coefficient (Wildman–Crippen LogP) is 2.73.